The Morgan fingerprint density at radius 1 is 0.611 bits per heavy atom. The Balaban J connectivity index is 3.13. The fourth-order valence-electron chi connectivity index (χ4n) is 3.00. The molecule has 0 amide bonds. The lowest BCUT2D eigenvalue weighted by Gasteiger charge is -2.15. The summed E-state index contributed by atoms with van der Waals surface area (Å²) in [6.07, 6.45) is 0.255. The first-order valence-corrected chi connectivity index (χ1v) is 12.6. The molecule has 204 valence electrons. The third kappa shape index (κ3) is 11.1. The number of hydrogen-bond donors (Lipinski definition) is 2. The normalized spacial score (nSPS) is 12.8. The van der Waals surface area contributed by atoms with E-state index in [9.17, 15) is 28.8 Å². The number of nitrogens with zero attached hydrogens (tertiary/aromatic N) is 3. The molecular weight excluding hydrogens is 514 g/mol. The molecule has 0 saturated carbocycles. The number of ether oxygens (including phenoxy) is 3. The van der Waals surface area contributed by atoms with Gasteiger partial charge in [0.2, 0.25) is 0 Å². The van der Waals surface area contributed by atoms with Crippen LogP contribution >= 0.6 is 25.3 Å². The monoisotopic (exact) mass is 549 g/mol. The summed E-state index contributed by atoms with van der Waals surface area (Å²) >= 11 is 8.21. The number of rotatable bonds is 15. The van der Waals surface area contributed by atoms with E-state index < -0.39 is 35.0 Å². The van der Waals surface area contributed by atoms with Gasteiger partial charge in [-0.2, -0.15) is 25.3 Å². The maximum absolute atomic E-state index is 12.9. The van der Waals surface area contributed by atoms with Crippen molar-refractivity contribution in [3.8, 4) is 0 Å². The lowest BCUT2D eigenvalue weighted by Crippen LogP contribution is -2.55. The average Bonchev–Trinajstić information content (AvgIpc) is 2.73. The van der Waals surface area contributed by atoms with Crippen molar-refractivity contribution in [1.29, 1.82) is 0 Å². The van der Waals surface area contributed by atoms with Crippen molar-refractivity contribution < 1.29 is 28.6 Å². The van der Waals surface area contributed by atoms with Crippen LogP contribution in [0, 0.1) is 5.92 Å². The molecule has 0 spiro atoms. The van der Waals surface area contributed by atoms with Gasteiger partial charge in [-0.15, -0.1) is 0 Å². The molecule has 2 atom stereocenters. The highest BCUT2D eigenvalue weighted by molar-refractivity contribution is 7.81. The summed E-state index contributed by atoms with van der Waals surface area (Å²) in [6, 6.07) is 0. The van der Waals surface area contributed by atoms with Crippen molar-refractivity contribution in [2.75, 3.05) is 19.8 Å². The number of hydrogen-bond acceptors (Lipinski definition) is 11. The minimum Gasteiger partial charge on any atom is -0.464 e. The van der Waals surface area contributed by atoms with Crippen LogP contribution in [0.25, 0.3) is 0 Å². The highest BCUT2D eigenvalue weighted by Crippen LogP contribution is 2.02. The third-order valence-electron chi connectivity index (χ3n) is 4.62. The zero-order chi connectivity index (χ0) is 27.4. The van der Waals surface area contributed by atoms with E-state index in [1.54, 1.807) is 13.8 Å². The van der Waals surface area contributed by atoms with Crippen LogP contribution in [0.5, 0.6) is 0 Å². The number of carbonyl (C=O) groups is 3. The van der Waals surface area contributed by atoms with Crippen LogP contribution in [0.1, 0.15) is 47.0 Å². The first-order chi connectivity index (χ1) is 16.8. The number of carbonyl (C=O) groups excluding carboxylic acids is 3. The molecular formula is C22H35N3O9S2. The molecule has 0 aliphatic carbocycles. The lowest BCUT2D eigenvalue weighted by atomic mass is 10.1. The van der Waals surface area contributed by atoms with Gasteiger partial charge in [-0.3, -0.25) is 14.4 Å². The lowest BCUT2D eigenvalue weighted by molar-refractivity contribution is -0.145. The second-order valence-electron chi connectivity index (χ2n) is 8.67. The molecule has 0 aliphatic heterocycles. The SMILES string of the molecule is CC(C)CC(=O)OCCn1c(=O)n(CCOC(=O)CC(C)S)c(=O)n(CCOC(=O)CC(C)S)c1=O. The van der Waals surface area contributed by atoms with Gasteiger partial charge in [0.25, 0.3) is 0 Å². The van der Waals surface area contributed by atoms with Crippen LogP contribution in [0.4, 0.5) is 0 Å². The second kappa shape index (κ2) is 15.6. The molecule has 1 rings (SSSR count). The molecule has 0 aromatic carbocycles. The van der Waals surface area contributed by atoms with Crippen LogP contribution in [0.15, 0.2) is 14.4 Å². The van der Waals surface area contributed by atoms with Gasteiger partial charge in [-0.25, -0.2) is 28.1 Å². The number of aromatic nitrogens is 3. The van der Waals surface area contributed by atoms with E-state index in [1.165, 1.54) is 0 Å². The molecule has 0 N–H and O–H groups in total. The summed E-state index contributed by atoms with van der Waals surface area (Å²) in [4.78, 5) is 74.0. The Bertz CT molecular complexity index is 910. The summed E-state index contributed by atoms with van der Waals surface area (Å²) in [5.41, 5.74) is -2.84. The van der Waals surface area contributed by atoms with Crippen LogP contribution < -0.4 is 17.1 Å². The smallest absolute Gasteiger partial charge is 0.336 e. The highest BCUT2D eigenvalue weighted by atomic mass is 32.1. The van der Waals surface area contributed by atoms with Gasteiger partial charge in [-0.05, 0) is 5.92 Å². The molecule has 0 saturated heterocycles. The number of esters is 3. The van der Waals surface area contributed by atoms with Gasteiger partial charge in [0.05, 0.1) is 32.5 Å². The number of thiol groups is 2. The maximum atomic E-state index is 12.9. The second-order valence-corrected chi connectivity index (χ2v) is 10.4. The van der Waals surface area contributed by atoms with Crippen molar-refractivity contribution in [1.82, 2.24) is 13.7 Å². The van der Waals surface area contributed by atoms with E-state index in [-0.39, 0.29) is 75.1 Å². The zero-order valence-corrected chi connectivity index (χ0v) is 22.8. The maximum Gasteiger partial charge on any atom is 0.336 e. The predicted octanol–water partition coefficient (Wildman–Crippen LogP) is 0.264. The molecule has 14 heteroatoms. The van der Waals surface area contributed by atoms with Gasteiger partial charge in [0, 0.05) is 16.9 Å². The summed E-state index contributed by atoms with van der Waals surface area (Å²) in [6.45, 7) is 5.35. The largest absolute Gasteiger partial charge is 0.464 e. The van der Waals surface area contributed by atoms with Gasteiger partial charge in [0.1, 0.15) is 19.8 Å². The molecule has 12 nitrogen and oxygen atoms in total. The van der Waals surface area contributed by atoms with Crippen LogP contribution in [-0.2, 0) is 48.2 Å². The molecule has 0 bridgehead atoms. The molecule has 1 aromatic heterocycles. The average molecular weight is 550 g/mol. The molecule has 0 fully saturated rings. The molecule has 36 heavy (non-hydrogen) atoms. The minimum absolute atomic E-state index is 0.0414. The van der Waals surface area contributed by atoms with E-state index in [0.717, 1.165) is 13.7 Å². The Morgan fingerprint density at radius 2 is 0.889 bits per heavy atom. The highest BCUT2D eigenvalue weighted by Gasteiger charge is 2.18. The summed E-state index contributed by atoms with van der Waals surface area (Å²) in [5, 5.41) is -0.461. The van der Waals surface area contributed by atoms with Gasteiger partial charge in [0.15, 0.2) is 0 Å². The molecule has 1 aromatic rings. The Kier molecular flexibility index (Phi) is 13.7. The van der Waals surface area contributed by atoms with Crippen molar-refractivity contribution >= 4 is 43.2 Å². The summed E-state index contributed by atoms with van der Waals surface area (Å²) in [7, 11) is 0. The van der Waals surface area contributed by atoms with E-state index in [4.69, 9.17) is 14.2 Å². The first kappa shape index (κ1) is 31.5. The van der Waals surface area contributed by atoms with E-state index in [0.29, 0.717) is 0 Å². The van der Waals surface area contributed by atoms with Gasteiger partial charge in [-0.1, -0.05) is 27.7 Å². The van der Waals surface area contributed by atoms with Crippen molar-refractivity contribution in [3.63, 3.8) is 0 Å². The standard InChI is InChI=1S/C22H35N3O9S2/c1-14(2)11-17(26)32-8-5-23-20(29)24(6-9-33-18(27)12-15(3)35)22(31)25(21(23)30)7-10-34-19(28)13-16(4)36/h14-16,35-36H,5-13H2,1-4H3. The van der Waals surface area contributed by atoms with Crippen molar-refractivity contribution in [2.45, 2.75) is 77.1 Å². The first-order valence-electron chi connectivity index (χ1n) is 11.6. The minimum atomic E-state index is -0.949. The molecule has 0 radical (unpaired) electrons. The van der Waals surface area contributed by atoms with E-state index in [2.05, 4.69) is 25.3 Å². The topological polar surface area (TPSA) is 145 Å². The van der Waals surface area contributed by atoms with E-state index in [1.807, 2.05) is 13.8 Å². The zero-order valence-electron chi connectivity index (χ0n) is 21.0. The Morgan fingerprint density at radius 3 is 1.14 bits per heavy atom. The molecule has 2 unspecified atom stereocenters. The van der Waals surface area contributed by atoms with Crippen molar-refractivity contribution in [2.24, 2.45) is 5.92 Å². The quantitative estimate of drug-likeness (QED) is 0.179. The van der Waals surface area contributed by atoms with Crippen LogP contribution in [0.2, 0.25) is 0 Å². The fourth-order valence-corrected chi connectivity index (χ4v) is 3.30. The van der Waals surface area contributed by atoms with Gasteiger partial charge >= 0.3 is 35.0 Å². The molecule has 0 aliphatic rings. The Hall–Kier alpha value is -2.48. The summed E-state index contributed by atoms with van der Waals surface area (Å²) in [5.74, 6) is -1.52. The van der Waals surface area contributed by atoms with Crippen LogP contribution in [-0.4, -0.2) is 61.9 Å². The predicted molar refractivity (Wildman–Crippen MR) is 138 cm³/mol. The van der Waals surface area contributed by atoms with Crippen LogP contribution in [0.3, 0.4) is 0 Å². The Labute approximate surface area is 219 Å². The molecule has 1 heterocycles. The van der Waals surface area contributed by atoms with E-state index >= 15 is 0 Å². The fraction of sp³-hybridized carbons (Fsp3) is 0.727. The van der Waals surface area contributed by atoms with Gasteiger partial charge < -0.3 is 14.2 Å². The summed E-state index contributed by atoms with van der Waals surface area (Å²) < 4.78 is 17.4. The third-order valence-corrected chi connectivity index (χ3v) is 4.98. The van der Waals surface area contributed by atoms with Crippen molar-refractivity contribution in [3.05, 3.63) is 31.5 Å².